The molecule has 126 valence electrons. The quantitative estimate of drug-likeness (QED) is 0.366. The highest BCUT2D eigenvalue weighted by Gasteiger charge is 2.27. The van der Waals surface area contributed by atoms with E-state index < -0.39 is 6.43 Å². The zero-order chi connectivity index (χ0) is 16.8. The Kier molecular flexibility index (Phi) is 6.38. The van der Waals surface area contributed by atoms with Gasteiger partial charge in [0.2, 0.25) is 0 Å². The summed E-state index contributed by atoms with van der Waals surface area (Å²) in [5.74, 6) is 0.892. The van der Waals surface area contributed by atoms with E-state index in [1.807, 2.05) is 26.0 Å². The number of aryl methyl sites for hydroxylation is 1. The number of amidine groups is 1. The van der Waals surface area contributed by atoms with Crippen molar-refractivity contribution in [3.8, 4) is 0 Å². The van der Waals surface area contributed by atoms with Crippen molar-refractivity contribution < 1.29 is 8.78 Å². The van der Waals surface area contributed by atoms with E-state index in [1.165, 1.54) is 0 Å². The highest BCUT2D eigenvalue weighted by Crippen LogP contribution is 2.35. The summed E-state index contributed by atoms with van der Waals surface area (Å²) >= 11 is 1.57. The van der Waals surface area contributed by atoms with Crippen molar-refractivity contribution in [1.29, 1.82) is 0 Å². The smallest absolute Gasteiger partial charge is 0.297 e. The van der Waals surface area contributed by atoms with Gasteiger partial charge in [-0.1, -0.05) is 13.0 Å². The largest absolute Gasteiger partial charge is 0.385 e. The highest BCUT2D eigenvalue weighted by atomic mass is 32.2. The van der Waals surface area contributed by atoms with Gasteiger partial charge >= 0.3 is 0 Å². The predicted octanol–water partition coefficient (Wildman–Crippen LogP) is 4.15. The zero-order valence-corrected chi connectivity index (χ0v) is 14.3. The molecule has 0 saturated carbocycles. The van der Waals surface area contributed by atoms with E-state index in [-0.39, 0.29) is 5.84 Å². The van der Waals surface area contributed by atoms with Gasteiger partial charge in [-0.2, -0.15) is 5.10 Å². The number of alkyl halides is 2. The Hall–Kier alpha value is -1.63. The van der Waals surface area contributed by atoms with E-state index in [0.717, 1.165) is 47.6 Å². The van der Waals surface area contributed by atoms with Crippen LogP contribution in [-0.2, 0) is 6.42 Å². The normalized spacial score (nSPS) is 14.4. The number of anilines is 2. The lowest BCUT2D eigenvalue weighted by atomic mass is 9.97. The molecule has 2 rings (SSSR count). The first-order chi connectivity index (χ1) is 11.1. The number of nitrogens with zero attached hydrogens (tertiary/aromatic N) is 3. The lowest BCUT2D eigenvalue weighted by molar-refractivity contribution is 0.223. The van der Waals surface area contributed by atoms with Crippen LogP contribution in [-0.4, -0.2) is 37.2 Å². The predicted molar refractivity (Wildman–Crippen MR) is 96.5 cm³/mol. The summed E-state index contributed by atoms with van der Waals surface area (Å²) < 4.78 is 27.0. The van der Waals surface area contributed by atoms with Gasteiger partial charge in [0.25, 0.3) is 6.43 Å². The standard InChI is InChI=1S/C16H22F2N4S/c1-4-23-10-22(16(15(17)18)21-19-3)13-8-7-11(2)14-12(13)6-5-9-20-14/h7-8,15,20H,3-6,9-10H2,1-2H3/b21-16-. The molecule has 1 aliphatic rings. The second kappa shape index (κ2) is 8.29. The molecule has 0 fully saturated rings. The maximum Gasteiger partial charge on any atom is 0.297 e. The van der Waals surface area contributed by atoms with Crippen LogP contribution in [0.1, 0.15) is 24.5 Å². The molecule has 23 heavy (non-hydrogen) atoms. The molecule has 0 saturated heterocycles. The summed E-state index contributed by atoms with van der Waals surface area (Å²) in [6, 6.07) is 3.86. The number of benzene rings is 1. The average molecular weight is 340 g/mol. The topological polar surface area (TPSA) is 40.0 Å². The Morgan fingerprint density at radius 2 is 2.26 bits per heavy atom. The minimum absolute atomic E-state index is 0.349. The molecular weight excluding hydrogens is 318 g/mol. The van der Waals surface area contributed by atoms with E-state index >= 15 is 0 Å². The summed E-state index contributed by atoms with van der Waals surface area (Å²) in [4.78, 5) is 1.57. The summed E-state index contributed by atoms with van der Waals surface area (Å²) in [5.41, 5.74) is 4.04. The summed E-state index contributed by atoms with van der Waals surface area (Å²) in [6.45, 7) is 8.16. The SMILES string of the molecule is C=N/N=C(/C(F)F)N(CSCC)c1ccc(C)c2c1CCCN2. The van der Waals surface area contributed by atoms with E-state index in [1.54, 1.807) is 16.7 Å². The third-order valence-electron chi connectivity index (χ3n) is 3.76. The van der Waals surface area contributed by atoms with Crippen molar-refractivity contribution in [2.45, 2.75) is 33.1 Å². The van der Waals surface area contributed by atoms with Crippen LogP contribution in [0.5, 0.6) is 0 Å². The van der Waals surface area contributed by atoms with E-state index in [2.05, 4.69) is 22.2 Å². The van der Waals surface area contributed by atoms with Gasteiger partial charge in [0.15, 0.2) is 5.84 Å². The van der Waals surface area contributed by atoms with E-state index in [9.17, 15) is 8.78 Å². The van der Waals surface area contributed by atoms with Crippen molar-refractivity contribution in [2.75, 3.05) is 28.4 Å². The number of halogens is 2. The molecule has 1 N–H and O–H groups in total. The highest BCUT2D eigenvalue weighted by molar-refractivity contribution is 7.99. The van der Waals surface area contributed by atoms with Crippen molar-refractivity contribution in [1.82, 2.24) is 0 Å². The fourth-order valence-electron chi connectivity index (χ4n) is 2.71. The number of hydrogen-bond donors (Lipinski definition) is 1. The van der Waals surface area contributed by atoms with Crippen molar-refractivity contribution in [3.63, 3.8) is 0 Å². The maximum atomic E-state index is 13.5. The van der Waals surface area contributed by atoms with Crippen LogP contribution in [0, 0.1) is 6.92 Å². The van der Waals surface area contributed by atoms with Gasteiger partial charge in [0.1, 0.15) is 0 Å². The van der Waals surface area contributed by atoms with E-state index in [4.69, 9.17) is 0 Å². The fraction of sp³-hybridized carbons (Fsp3) is 0.500. The van der Waals surface area contributed by atoms with Gasteiger partial charge < -0.3 is 10.2 Å². The summed E-state index contributed by atoms with van der Waals surface area (Å²) in [6.07, 6.45) is -0.851. The van der Waals surface area contributed by atoms with Crippen LogP contribution in [0.3, 0.4) is 0 Å². The van der Waals surface area contributed by atoms with Crippen molar-refractivity contribution >= 4 is 35.7 Å². The number of thioether (sulfide) groups is 1. The second-order valence-electron chi connectivity index (χ2n) is 5.24. The van der Waals surface area contributed by atoms with Gasteiger partial charge in [-0.3, -0.25) is 0 Å². The lowest BCUT2D eigenvalue weighted by Crippen LogP contribution is -2.37. The van der Waals surface area contributed by atoms with Gasteiger partial charge in [-0.25, -0.2) is 8.78 Å². The van der Waals surface area contributed by atoms with Crippen LogP contribution in [0.2, 0.25) is 0 Å². The molecule has 0 spiro atoms. The van der Waals surface area contributed by atoms with Crippen molar-refractivity contribution in [2.24, 2.45) is 10.2 Å². The van der Waals surface area contributed by atoms with Crippen LogP contribution in [0.15, 0.2) is 22.3 Å². The molecule has 0 aliphatic carbocycles. The van der Waals surface area contributed by atoms with Crippen LogP contribution >= 0.6 is 11.8 Å². The van der Waals surface area contributed by atoms with Crippen molar-refractivity contribution in [3.05, 3.63) is 23.3 Å². The molecule has 0 radical (unpaired) electrons. The maximum absolute atomic E-state index is 13.5. The number of nitrogens with one attached hydrogen (secondary N) is 1. The monoisotopic (exact) mass is 340 g/mol. The van der Waals surface area contributed by atoms with Gasteiger partial charge in [0, 0.05) is 24.6 Å². The summed E-state index contributed by atoms with van der Waals surface area (Å²) in [5, 5.41) is 10.3. The molecule has 1 heterocycles. The second-order valence-corrected chi connectivity index (χ2v) is 6.48. The Morgan fingerprint density at radius 1 is 1.48 bits per heavy atom. The van der Waals surface area contributed by atoms with Crippen LogP contribution in [0.25, 0.3) is 0 Å². The molecule has 0 bridgehead atoms. The van der Waals surface area contributed by atoms with E-state index in [0.29, 0.717) is 5.88 Å². The molecule has 1 aliphatic heterocycles. The molecule has 0 aromatic heterocycles. The third-order valence-corrected chi connectivity index (χ3v) is 4.61. The number of fused-ring (bicyclic) bond motifs is 1. The average Bonchev–Trinajstić information content (AvgIpc) is 2.55. The first-order valence-corrected chi connectivity index (χ1v) is 8.79. The molecule has 0 atom stereocenters. The Bertz CT molecular complexity index is 590. The molecule has 7 heteroatoms. The molecule has 1 aromatic carbocycles. The molecular formula is C16H22F2N4S. The minimum atomic E-state index is -2.70. The summed E-state index contributed by atoms with van der Waals surface area (Å²) in [7, 11) is 0. The van der Waals surface area contributed by atoms with Crippen LogP contribution < -0.4 is 10.2 Å². The number of rotatable bonds is 6. The van der Waals surface area contributed by atoms with Gasteiger partial charge in [-0.15, -0.1) is 16.9 Å². The minimum Gasteiger partial charge on any atom is -0.385 e. The fourth-order valence-corrected chi connectivity index (χ4v) is 3.35. The Morgan fingerprint density at radius 3 is 2.91 bits per heavy atom. The van der Waals surface area contributed by atoms with Gasteiger partial charge in [0.05, 0.1) is 5.88 Å². The first-order valence-electron chi connectivity index (χ1n) is 7.63. The Balaban J connectivity index is 2.51. The van der Waals surface area contributed by atoms with Crippen LogP contribution in [0.4, 0.5) is 20.2 Å². The molecule has 4 nitrogen and oxygen atoms in total. The lowest BCUT2D eigenvalue weighted by Gasteiger charge is -2.31. The third kappa shape index (κ3) is 4.02. The zero-order valence-electron chi connectivity index (χ0n) is 13.5. The number of hydrogen-bond acceptors (Lipinski definition) is 4. The molecule has 0 unspecified atom stereocenters. The van der Waals surface area contributed by atoms with Gasteiger partial charge in [-0.05, 0) is 42.7 Å². The molecule has 0 amide bonds. The molecule has 1 aromatic rings. The Labute approximate surface area is 140 Å². The first kappa shape index (κ1) is 17.7.